The van der Waals surface area contributed by atoms with Gasteiger partial charge in [-0.3, -0.25) is 0 Å². The lowest BCUT2D eigenvalue weighted by Gasteiger charge is -2.21. The van der Waals surface area contributed by atoms with Gasteiger partial charge in [0, 0.05) is 21.9 Å². The third kappa shape index (κ3) is 4.40. The molecule has 5 heteroatoms. The van der Waals surface area contributed by atoms with Crippen molar-refractivity contribution in [2.75, 3.05) is 0 Å². The fraction of sp³-hybridized carbons (Fsp3) is 0.250. The Labute approximate surface area is 220 Å². The summed E-state index contributed by atoms with van der Waals surface area (Å²) >= 11 is 6.42. The lowest BCUT2D eigenvalue weighted by atomic mass is 9.85. The van der Waals surface area contributed by atoms with Crippen molar-refractivity contribution in [1.29, 1.82) is 0 Å². The molecule has 0 aliphatic carbocycles. The molecule has 0 atom stereocenters. The number of rotatable bonds is 2. The number of benzene rings is 3. The largest absolute Gasteiger partial charge is 0.421 e. The van der Waals surface area contributed by atoms with Crippen LogP contribution in [0.15, 0.2) is 85.2 Å². The molecule has 188 valence electrons. The molecule has 0 N–H and O–H groups in total. The molecule has 0 spiro atoms. The summed E-state index contributed by atoms with van der Waals surface area (Å²) in [4.78, 5) is 26.3. The van der Waals surface area contributed by atoms with Crippen LogP contribution in [0.3, 0.4) is 0 Å². The molecule has 2 aromatic heterocycles. The van der Waals surface area contributed by atoms with Crippen molar-refractivity contribution in [2.45, 2.75) is 52.4 Å². The summed E-state index contributed by atoms with van der Waals surface area (Å²) in [6.45, 7) is 12.9. The number of para-hydroxylation sites is 1. The molecule has 37 heavy (non-hydrogen) atoms. The van der Waals surface area contributed by atoms with Crippen molar-refractivity contribution in [3.05, 3.63) is 104 Å². The van der Waals surface area contributed by atoms with Crippen LogP contribution < -0.4 is 11.3 Å². The highest BCUT2D eigenvalue weighted by molar-refractivity contribution is 6.35. The first-order chi connectivity index (χ1) is 17.4. The van der Waals surface area contributed by atoms with E-state index in [1.807, 2.05) is 42.5 Å². The highest BCUT2D eigenvalue weighted by Crippen LogP contribution is 2.41. The van der Waals surface area contributed by atoms with E-state index in [-0.39, 0.29) is 21.8 Å². The van der Waals surface area contributed by atoms with Crippen LogP contribution in [0.4, 0.5) is 0 Å². The Morgan fingerprint density at radius 1 is 0.622 bits per heavy atom. The number of hydrogen-bond acceptors (Lipinski definition) is 4. The Hall–Kier alpha value is -3.63. The summed E-state index contributed by atoms with van der Waals surface area (Å²) in [5.74, 6) is 0.397. The van der Waals surface area contributed by atoms with Crippen molar-refractivity contribution < 1.29 is 8.83 Å². The summed E-state index contributed by atoms with van der Waals surface area (Å²) in [5.41, 5.74) is 3.22. The molecular formula is C32H29ClO4. The van der Waals surface area contributed by atoms with Gasteiger partial charge < -0.3 is 8.83 Å². The molecule has 4 nitrogen and oxygen atoms in total. The maximum absolute atomic E-state index is 13.3. The average Bonchev–Trinajstić information content (AvgIpc) is 2.83. The quantitative estimate of drug-likeness (QED) is 0.176. The Kier molecular flexibility index (Phi) is 5.91. The molecule has 5 rings (SSSR count). The number of halogens is 1. The van der Waals surface area contributed by atoms with Gasteiger partial charge >= 0.3 is 11.3 Å². The van der Waals surface area contributed by atoms with E-state index in [1.165, 1.54) is 5.56 Å². The van der Waals surface area contributed by atoms with Crippen LogP contribution in [-0.2, 0) is 10.8 Å². The number of hydrogen-bond donors (Lipinski definition) is 0. The lowest BCUT2D eigenvalue weighted by molar-refractivity contribution is 0.525. The fourth-order valence-corrected chi connectivity index (χ4v) is 4.89. The van der Waals surface area contributed by atoms with Gasteiger partial charge in [-0.1, -0.05) is 114 Å². The van der Waals surface area contributed by atoms with Crippen molar-refractivity contribution in [3.63, 3.8) is 0 Å². The first-order valence-electron chi connectivity index (χ1n) is 12.3. The molecule has 0 aliphatic rings. The molecule has 0 fully saturated rings. The zero-order valence-electron chi connectivity index (χ0n) is 21.9. The van der Waals surface area contributed by atoms with Crippen molar-refractivity contribution in [1.82, 2.24) is 0 Å². The second kappa shape index (κ2) is 8.74. The minimum Gasteiger partial charge on any atom is -0.421 e. The molecule has 2 heterocycles. The summed E-state index contributed by atoms with van der Waals surface area (Å²) in [6.07, 6.45) is 0. The van der Waals surface area contributed by atoms with Crippen LogP contribution >= 0.6 is 11.6 Å². The van der Waals surface area contributed by atoms with Gasteiger partial charge in [0.1, 0.15) is 5.76 Å². The van der Waals surface area contributed by atoms with Gasteiger partial charge in [-0.25, -0.2) is 9.59 Å². The Balaban J connectivity index is 1.93. The maximum atomic E-state index is 13.3. The fourth-order valence-electron chi connectivity index (χ4n) is 4.68. The van der Waals surface area contributed by atoms with Gasteiger partial charge in [-0.05, 0) is 33.6 Å². The van der Waals surface area contributed by atoms with Crippen LogP contribution in [0.5, 0.6) is 0 Å². The predicted octanol–water partition coefficient (Wildman–Crippen LogP) is 8.48. The third-order valence-electron chi connectivity index (χ3n) is 6.81. The molecule has 3 aromatic carbocycles. The SMILES string of the molecule is CC(C)(C)c1ccc(-c2oc(=O)c3c(=O)oc4c(Cl)cccc4c3c2-c2ccc(C(C)(C)C)cc2)cc1. The van der Waals surface area contributed by atoms with Crippen LogP contribution in [0.25, 0.3) is 44.2 Å². The minimum absolute atomic E-state index is 0.0275. The van der Waals surface area contributed by atoms with Crippen molar-refractivity contribution >= 4 is 33.3 Å². The van der Waals surface area contributed by atoms with E-state index in [4.69, 9.17) is 20.4 Å². The zero-order valence-corrected chi connectivity index (χ0v) is 22.6. The molecule has 0 aliphatic heterocycles. The second-order valence-corrected chi connectivity index (χ2v) is 11.9. The molecule has 0 saturated carbocycles. The highest BCUT2D eigenvalue weighted by atomic mass is 35.5. The molecule has 0 bridgehead atoms. The van der Waals surface area contributed by atoms with E-state index in [0.717, 1.165) is 16.7 Å². The standard InChI is InChI=1S/C32H29ClO4/c1-31(2,3)20-14-10-18(11-15-20)24-25-22-8-7-9-23(33)28(22)37-30(35)26(25)29(34)36-27(24)19-12-16-21(17-13-19)32(4,5)6/h7-17H,1-6H3. The van der Waals surface area contributed by atoms with E-state index < -0.39 is 11.3 Å². The summed E-state index contributed by atoms with van der Waals surface area (Å²) in [7, 11) is 0. The normalized spacial score (nSPS) is 12.4. The van der Waals surface area contributed by atoms with Gasteiger partial charge in [0.05, 0.1) is 5.02 Å². The first-order valence-corrected chi connectivity index (χ1v) is 12.7. The van der Waals surface area contributed by atoms with Crippen LogP contribution in [0.1, 0.15) is 52.7 Å². The molecular weight excluding hydrogens is 484 g/mol. The van der Waals surface area contributed by atoms with E-state index in [1.54, 1.807) is 12.1 Å². The van der Waals surface area contributed by atoms with Gasteiger partial charge in [-0.15, -0.1) is 0 Å². The predicted molar refractivity (Wildman–Crippen MR) is 152 cm³/mol. The number of fused-ring (bicyclic) bond motifs is 3. The van der Waals surface area contributed by atoms with Crippen LogP contribution in [0, 0.1) is 0 Å². The highest BCUT2D eigenvalue weighted by Gasteiger charge is 2.24. The average molecular weight is 513 g/mol. The van der Waals surface area contributed by atoms with E-state index in [9.17, 15) is 9.59 Å². The van der Waals surface area contributed by atoms with Crippen LogP contribution in [0.2, 0.25) is 5.02 Å². The molecule has 0 unspecified atom stereocenters. The minimum atomic E-state index is -0.772. The summed E-state index contributed by atoms with van der Waals surface area (Å²) < 4.78 is 11.4. The molecule has 5 aromatic rings. The van der Waals surface area contributed by atoms with Gasteiger partial charge in [0.25, 0.3) is 0 Å². The van der Waals surface area contributed by atoms with Crippen molar-refractivity contribution in [3.8, 4) is 22.5 Å². The molecule has 0 saturated heterocycles. The topological polar surface area (TPSA) is 60.4 Å². The molecule has 0 radical (unpaired) electrons. The third-order valence-corrected chi connectivity index (χ3v) is 7.11. The Morgan fingerprint density at radius 3 is 1.68 bits per heavy atom. The van der Waals surface area contributed by atoms with Crippen molar-refractivity contribution in [2.24, 2.45) is 0 Å². The Bertz CT molecular complexity index is 1760. The lowest BCUT2D eigenvalue weighted by Crippen LogP contribution is -2.14. The zero-order chi connectivity index (χ0) is 26.7. The first kappa shape index (κ1) is 25.0. The van der Waals surface area contributed by atoms with E-state index >= 15 is 0 Å². The van der Waals surface area contributed by atoms with Gasteiger partial charge in [0.15, 0.2) is 11.0 Å². The smallest absolute Gasteiger partial charge is 0.351 e. The van der Waals surface area contributed by atoms with E-state index in [0.29, 0.717) is 27.1 Å². The summed E-state index contributed by atoms with van der Waals surface area (Å²) in [6, 6.07) is 21.4. The second-order valence-electron chi connectivity index (χ2n) is 11.5. The van der Waals surface area contributed by atoms with Gasteiger partial charge in [0.2, 0.25) is 0 Å². The maximum Gasteiger partial charge on any atom is 0.351 e. The Morgan fingerprint density at radius 2 is 1.14 bits per heavy atom. The summed E-state index contributed by atoms with van der Waals surface area (Å²) in [5, 5.41) is 1.23. The monoisotopic (exact) mass is 512 g/mol. The molecule has 0 amide bonds. The van der Waals surface area contributed by atoms with E-state index in [2.05, 4.69) is 53.7 Å². The van der Waals surface area contributed by atoms with Crippen LogP contribution in [-0.4, -0.2) is 0 Å². The van der Waals surface area contributed by atoms with Gasteiger partial charge in [-0.2, -0.15) is 0 Å².